The van der Waals surface area contributed by atoms with Gasteiger partial charge >= 0.3 is 0 Å². The van der Waals surface area contributed by atoms with Crippen molar-refractivity contribution in [3.05, 3.63) is 28.2 Å². The lowest BCUT2D eigenvalue weighted by molar-refractivity contribution is -0.124. The summed E-state index contributed by atoms with van der Waals surface area (Å²) in [6.45, 7) is 3.91. The lowest BCUT2D eigenvalue weighted by atomic mass is 9.79. The molecule has 1 saturated carbocycles. The van der Waals surface area contributed by atoms with Crippen LogP contribution in [0.25, 0.3) is 0 Å². The van der Waals surface area contributed by atoms with E-state index in [9.17, 15) is 9.59 Å². The van der Waals surface area contributed by atoms with Crippen LogP contribution in [-0.4, -0.2) is 62.1 Å². The third-order valence-electron chi connectivity index (χ3n) is 5.54. The van der Waals surface area contributed by atoms with Crippen LogP contribution in [0.2, 0.25) is 0 Å². The molecule has 2 aliphatic rings. The van der Waals surface area contributed by atoms with Crippen LogP contribution >= 0.6 is 15.9 Å². The minimum atomic E-state index is -0.159. The van der Waals surface area contributed by atoms with Crippen molar-refractivity contribution in [1.82, 2.24) is 10.2 Å². The van der Waals surface area contributed by atoms with Gasteiger partial charge < -0.3 is 14.8 Å². The molecule has 1 heterocycles. The Kier molecular flexibility index (Phi) is 7.26. The van der Waals surface area contributed by atoms with Crippen LogP contribution in [0.5, 0.6) is 5.75 Å². The quantitative estimate of drug-likeness (QED) is 0.662. The maximum atomic E-state index is 12.4. The Morgan fingerprint density at radius 3 is 2.70 bits per heavy atom. The Labute approximate surface area is 168 Å². The first-order chi connectivity index (χ1) is 13.1. The summed E-state index contributed by atoms with van der Waals surface area (Å²) in [6, 6.07) is 5.16. The number of aldehydes is 1. The predicted molar refractivity (Wildman–Crippen MR) is 106 cm³/mol. The maximum absolute atomic E-state index is 12.4. The second kappa shape index (κ2) is 9.66. The van der Waals surface area contributed by atoms with Crippen LogP contribution in [0.1, 0.15) is 42.5 Å². The Morgan fingerprint density at radius 1 is 1.26 bits per heavy atom. The minimum absolute atomic E-state index is 0.0310. The Bertz CT molecular complexity index is 655. The topological polar surface area (TPSA) is 67.9 Å². The van der Waals surface area contributed by atoms with E-state index in [1.807, 2.05) is 0 Å². The van der Waals surface area contributed by atoms with Gasteiger partial charge in [0.15, 0.2) is 12.9 Å². The average molecular weight is 439 g/mol. The molecule has 0 radical (unpaired) electrons. The molecule has 1 saturated heterocycles. The number of amides is 1. The Hall–Kier alpha value is -1.44. The Morgan fingerprint density at radius 2 is 2.00 bits per heavy atom. The van der Waals surface area contributed by atoms with Gasteiger partial charge in [-0.2, -0.15) is 0 Å². The number of morpholine rings is 1. The normalized spacial score (nSPS) is 20.0. The maximum Gasteiger partial charge on any atom is 0.258 e. The summed E-state index contributed by atoms with van der Waals surface area (Å²) in [6.07, 6.45) is 6.61. The number of hydrogen-bond acceptors (Lipinski definition) is 5. The van der Waals surface area contributed by atoms with E-state index < -0.39 is 0 Å². The third kappa shape index (κ3) is 5.30. The van der Waals surface area contributed by atoms with Crippen molar-refractivity contribution in [3.8, 4) is 5.75 Å². The summed E-state index contributed by atoms with van der Waals surface area (Å²) in [5, 5.41) is 3.07. The van der Waals surface area contributed by atoms with Gasteiger partial charge in [-0.25, -0.2) is 0 Å². The molecule has 2 fully saturated rings. The number of nitrogens with zero attached hydrogens (tertiary/aromatic N) is 1. The standard InChI is InChI=1S/C20H27BrN2O4/c21-17-4-5-18(16(12-17)13-24)27-14-19(25)22-15-20(6-2-1-3-7-20)23-8-10-26-11-9-23/h4-5,12-13H,1-3,6-11,14-15H2,(H,22,25). The summed E-state index contributed by atoms with van der Waals surface area (Å²) < 4.78 is 11.9. The highest BCUT2D eigenvalue weighted by Gasteiger charge is 2.38. The van der Waals surface area contributed by atoms with Gasteiger partial charge in [-0.1, -0.05) is 35.2 Å². The zero-order valence-electron chi connectivity index (χ0n) is 15.5. The van der Waals surface area contributed by atoms with E-state index in [1.165, 1.54) is 19.3 Å². The fourth-order valence-electron chi connectivity index (χ4n) is 4.05. The van der Waals surface area contributed by atoms with Gasteiger partial charge in [0.2, 0.25) is 0 Å². The number of rotatable bonds is 7. The van der Waals surface area contributed by atoms with Crippen molar-refractivity contribution in [2.45, 2.75) is 37.6 Å². The van der Waals surface area contributed by atoms with E-state index in [1.54, 1.807) is 18.2 Å². The third-order valence-corrected chi connectivity index (χ3v) is 6.03. The molecule has 1 aromatic carbocycles. The molecule has 27 heavy (non-hydrogen) atoms. The molecule has 1 N–H and O–H groups in total. The highest BCUT2D eigenvalue weighted by Crippen LogP contribution is 2.33. The molecule has 148 valence electrons. The molecular weight excluding hydrogens is 412 g/mol. The van der Waals surface area contributed by atoms with Gasteiger partial charge in [-0.05, 0) is 31.0 Å². The number of carbonyl (C=O) groups excluding carboxylic acids is 2. The molecule has 6 nitrogen and oxygen atoms in total. The highest BCUT2D eigenvalue weighted by molar-refractivity contribution is 9.10. The zero-order valence-corrected chi connectivity index (χ0v) is 17.1. The van der Waals surface area contributed by atoms with Crippen LogP contribution in [0.15, 0.2) is 22.7 Å². The molecule has 0 atom stereocenters. The number of carbonyl (C=O) groups is 2. The first kappa shape index (κ1) is 20.3. The van der Waals surface area contributed by atoms with Crippen LogP contribution < -0.4 is 10.1 Å². The zero-order chi connectivity index (χ0) is 19.1. The molecule has 7 heteroatoms. The second-order valence-electron chi connectivity index (χ2n) is 7.25. The van der Waals surface area contributed by atoms with Crippen molar-refractivity contribution in [2.24, 2.45) is 0 Å². The molecule has 0 unspecified atom stereocenters. The summed E-state index contributed by atoms with van der Waals surface area (Å²) >= 11 is 3.32. The smallest absolute Gasteiger partial charge is 0.258 e. The van der Waals surface area contributed by atoms with Crippen LogP contribution in [0.3, 0.4) is 0 Å². The summed E-state index contributed by atoms with van der Waals surface area (Å²) in [4.78, 5) is 26.0. The molecule has 0 bridgehead atoms. The lowest BCUT2D eigenvalue weighted by Crippen LogP contribution is -2.60. The average Bonchev–Trinajstić information content (AvgIpc) is 2.72. The van der Waals surface area contributed by atoms with E-state index in [4.69, 9.17) is 9.47 Å². The van der Waals surface area contributed by atoms with Gasteiger partial charge in [0.1, 0.15) is 5.75 Å². The molecule has 1 aliphatic heterocycles. The van der Waals surface area contributed by atoms with E-state index in [0.717, 1.165) is 49.9 Å². The van der Waals surface area contributed by atoms with Gasteiger partial charge in [0, 0.05) is 29.6 Å². The van der Waals surface area contributed by atoms with Crippen LogP contribution in [-0.2, 0) is 9.53 Å². The van der Waals surface area contributed by atoms with Gasteiger partial charge in [-0.3, -0.25) is 14.5 Å². The molecule has 1 amide bonds. The van der Waals surface area contributed by atoms with E-state index in [2.05, 4.69) is 26.1 Å². The number of ether oxygens (including phenoxy) is 2. The monoisotopic (exact) mass is 438 g/mol. The van der Waals surface area contributed by atoms with Crippen molar-refractivity contribution < 1.29 is 19.1 Å². The first-order valence-corrected chi connectivity index (χ1v) is 10.4. The van der Waals surface area contributed by atoms with Crippen LogP contribution in [0, 0.1) is 0 Å². The SMILES string of the molecule is O=Cc1cc(Br)ccc1OCC(=O)NCC1(N2CCOCC2)CCCCC1. The van der Waals surface area contributed by atoms with Crippen molar-refractivity contribution in [1.29, 1.82) is 0 Å². The lowest BCUT2D eigenvalue weighted by Gasteiger charge is -2.48. The molecular formula is C20H27BrN2O4. The molecule has 1 aromatic rings. The predicted octanol–water partition coefficient (Wildman–Crippen LogP) is 2.79. The highest BCUT2D eigenvalue weighted by atomic mass is 79.9. The van der Waals surface area contributed by atoms with E-state index >= 15 is 0 Å². The summed E-state index contributed by atoms with van der Waals surface area (Å²) in [5.41, 5.74) is 0.456. The molecule has 3 rings (SSSR count). The van der Waals surface area contributed by atoms with Crippen LogP contribution in [0.4, 0.5) is 0 Å². The molecule has 1 aliphatic carbocycles. The summed E-state index contributed by atoms with van der Waals surface area (Å²) in [7, 11) is 0. The number of benzene rings is 1. The van der Waals surface area contributed by atoms with Crippen molar-refractivity contribution in [2.75, 3.05) is 39.5 Å². The van der Waals surface area contributed by atoms with Gasteiger partial charge in [0.25, 0.3) is 5.91 Å². The van der Waals surface area contributed by atoms with Crippen molar-refractivity contribution in [3.63, 3.8) is 0 Å². The van der Waals surface area contributed by atoms with Gasteiger partial charge in [-0.15, -0.1) is 0 Å². The fraction of sp³-hybridized carbons (Fsp3) is 0.600. The fourth-order valence-corrected chi connectivity index (χ4v) is 4.43. The Balaban J connectivity index is 1.55. The van der Waals surface area contributed by atoms with Crippen molar-refractivity contribution >= 4 is 28.1 Å². The van der Waals surface area contributed by atoms with E-state index in [0.29, 0.717) is 17.9 Å². The molecule has 0 aromatic heterocycles. The van der Waals surface area contributed by atoms with Gasteiger partial charge in [0.05, 0.1) is 18.8 Å². The number of hydrogen-bond donors (Lipinski definition) is 1. The largest absolute Gasteiger partial charge is 0.483 e. The summed E-state index contributed by atoms with van der Waals surface area (Å²) in [5.74, 6) is 0.261. The second-order valence-corrected chi connectivity index (χ2v) is 8.17. The number of halogens is 1. The number of nitrogens with one attached hydrogen (secondary N) is 1. The minimum Gasteiger partial charge on any atom is -0.483 e. The van der Waals surface area contributed by atoms with E-state index in [-0.39, 0.29) is 18.1 Å². The first-order valence-electron chi connectivity index (χ1n) is 9.60. The molecule has 0 spiro atoms.